The Balaban J connectivity index is 2.01. The number of carbonyl (C=O) groups excluding carboxylic acids is 1. The third kappa shape index (κ3) is 4.38. The van der Waals surface area contributed by atoms with Crippen LogP contribution in [-0.4, -0.2) is 41.8 Å². The second-order valence-electron chi connectivity index (χ2n) is 5.74. The summed E-state index contributed by atoms with van der Waals surface area (Å²) in [6.07, 6.45) is 0.183. The molecule has 0 atom stereocenters. The molecule has 0 saturated carbocycles. The largest absolute Gasteiger partial charge is 0.481 e. The zero-order chi connectivity index (χ0) is 16.1. The average molecular weight is 307 g/mol. The van der Waals surface area contributed by atoms with Crippen molar-refractivity contribution in [1.82, 2.24) is 4.90 Å². The first-order valence-electron chi connectivity index (χ1n) is 7.34. The fourth-order valence-electron chi connectivity index (χ4n) is 2.33. The van der Waals surface area contributed by atoms with Gasteiger partial charge >= 0.3 is 5.97 Å². The summed E-state index contributed by atoms with van der Waals surface area (Å²) in [6, 6.07) is 5.41. The Morgan fingerprint density at radius 3 is 2.68 bits per heavy atom. The van der Waals surface area contributed by atoms with E-state index < -0.39 is 5.97 Å². The molecule has 0 radical (unpaired) electrons. The molecular weight excluding hydrogens is 286 g/mol. The predicted molar refractivity (Wildman–Crippen MR) is 79.9 cm³/mol. The highest BCUT2D eigenvalue weighted by atomic mass is 16.7. The van der Waals surface area contributed by atoms with E-state index in [1.807, 2.05) is 19.9 Å². The molecule has 1 aromatic carbocycles. The van der Waals surface area contributed by atoms with E-state index in [4.69, 9.17) is 14.6 Å². The van der Waals surface area contributed by atoms with Gasteiger partial charge in [0.2, 0.25) is 12.7 Å². The van der Waals surface area contributed by atoms with Crippen LogP contribution in [0.4, 0.5) is 0 Å². The molecule has 120 valence electrons. The monoisotopic (exact) mass is 307 g/mol. The molecule has 0 saturated heterocycles. The lowest BCUT2D eigenvalue weighted by molar-refractivity contribution is -0.138. The molecule has 1 aliphatic heterocycles. The van der Waals surface area contributed by atoms with Gasteiger partial charge in [-0.2, -0.15) is 0 Å². The number of fused-ring (bicyclic) bond motifs is 1. The van der Waals surface area contributed by atoms with Gasteiger partial charge < -0.3 is 19.5 Å². The Morgan fingerprint density at radius 1 is 1.27 bits per heavy atom. The summed E-state index contributed by atoms with van der Waals surface area (Å²) < 4.78 is 10.5. The van der Waals surface area contributed by atoms with Crippen molar-refractivity contribution in [2.24, 2.45) is 5.92 Å². The number of carbonyl (C=O) groups is 2. The normalized spacial score (nSPS) is 12.5. The molecule has 0 fully saturated rings. The minimum Gasteiger partial charge on any atom is -0.481 e. The lowest BCUT2D eigenvalue weighted by Gasteiger charge is -2.24. The molecule has 1 aliphatic rings. The first-order chi connectivity index (χ1) is 10.5. The molecule has 1 amide bonds. The number of hydrogen-bond acceptors (Lipinski definition) is 4. The van der Waals surface area contributed by atoms with Crippen LogP contribution in [-0.2, 0) is 16.0 Å². The number of nitrogens with zero attached hydrogens (tertiary/aromatic N) is 1. The van der Waals surface area contributed by atoms with Crippen LogP contribution in [0, 0.1) is 5.92 Å². The summed E-state index contributed by atoms with van der Waals surface area (Å²) in [5, 5.41) is 8.81. The molecule has 1 N–H and O–H groups in total. The molecular formula is C16H21NO5. The lowest BCUT2D eigenvalue weighted by Crippen LogP contribution is -2.37. The van der Waals surface area contributed by atoms with E-state index in [9.17, 15) is 9.59 Å². The average Bonchev–Trinajstić information content (AvgIpc) is 2.90. The number of rotatable bonds is 7. The van der Waals surface area contributed by atoms with Gasteiger partial charge in [-0.3, -0.25) is 9.59 Å². The van der Waals surface area contributed by atoms with Crippen molar-refractivity contribution in [2.45, 2.75) is 26.7 Å². The maximum atomic E-state index is 12.4. The van der Waals surface area contributed by atoms with Gasteiger partial charge in [0.05, 0.1) is 12.8 Å². The Hall–Kier alpha value is -2.24. The molecule has 1 aromatic rings. The third-order valence-corrected chi connectivity index (χ3v) is 3.33. The maximum Gasteiger partial charge on any atom is 0.305 e. The smallest absolute Gasteiger partial charge is 0.305 e. The number of carboxylic acids is 1. The zero-order valence-electron chi connectivity index (χ0n) is 12.9. The SMILES string of the molecule is CC(C)CN(CCC(=O)O)C(=O)Cc1ccc2c(c1)OCO2. The predicted octanol–water partition coefficient (Wildman–Crippen LogP) is 1.92. The van der Waals surface area contributed by atoms with E-state index in [-0.39, 0.29) is 38.0 Å². The summed E-state index contributed by atoms with van der Waals surface area (Å²) in [5.41, 5.74) is 0.832. The van der Waals surface area contributed by atoms with Crippen LogP contribution >= 0.6 is 0 Å². The number of aliphatic carboxylic acids is 1. The Morgan fingerprint density at radius 2 is 2.00 bits per heavy atom. The Bertz CT molecular complexity index is 555. The topological polar surface area (TPSA) is 76.1 Å². The first-order valence-corrected chi connectivity index (χ1v) is 7.34. The van der Waals surface area contributed by atoms with Crippen LogP contribution in [0.25, 0.3) is 0 Å². The summed E-state index contributed by atoms with van der Waals surface area (Å²) in [6.45, 7) is 4.99. The Kier molecular flexibility index (Phi) is 5.25. The van der Waals surface area contributed by atoms with Crippen molar-refractivity contribution in [1.29, 1.82) is 0 Å². The van der Waals surface area contributed by atoms with Crippen molar-refractivity contribution in [3.05, 3.63) is 23.8 Å². The molecule has 0 spiro atoms. The molecule has 6 heteroatoms. The van der Waals surface area contributed by atoms with Gasteiger partial charge in [-0.05, 0) is 23.6 Å². The van der Waals surface area contributed by atoms with Crippen molar-refractivity contribution in [3.8, 4) is 11.5 Å². The van der Waals surface area contributed by atoms with Crippen LogP contribution in [0.5, 0.6) is 11.5 Å². The van der Waals surface area contributed by atoms with Crippen molar-refractivity contribution >= 4 is 11.9 Å². The van der Waals surface area contributed by atoms with E-state index >= 15 is 0 Å². The van der Waals surface area contributed by atoms with E-state index in [2.05, 4.69) is 0 Å². The fourth-order valence-corrected chi connectivity index (χ4v) is 2.33. The van der Waals surface area contributed by atoms with E-state index in [1.165, 1.54) is 0 Å². The highest BCUT2D eigenvalue weighted by Crippen LogP contribution is 2.32. The van der Waals surface area contributed by atoms with Crippen molar-refractivity contribution < 1.29 is 24.2 Å². The molecule has 1 heterocycles. The first kappa shape index (κ1) is 16.1. The molecule has 0 bridgehead atoms. The van der Waals surface area contributed by atoms with E-state index in [1.54, 1.807) is 17.0 Å². The van der Waals surface area contributed by atoms with Crippen LogP contribution in [0.1, 0.15) is 25.8 Å². The summed E-state index contributed by atoms with van der Waals surface area (Å²) in [5.74, 6) is 0.639. The van der Waals surface area contributed by atoms with Gasteiger partial charge in [-0.25, -0.2) is 0 Å². The summed E-state index contributed by atoms with van der Waals surface area (Å²) >= 11 is 0. The highest BCUT2D eigenvalue weighted by molar-refractivity contribution is 5.79. The fraction of sp³-hybridized carbons (Fsp3) is 0.500. The number of hydrogen-bond donors (Lipinski definition) is 1. The lowest BCUT2D eigenvalue weighted by atomic mass is 10.1. The number of carboxylic acid groups (broad SMARTS) is 1. The van der Waals surface area contributed by atoms with Gasteiger partial charge in [0.1, 0.15) is 0 Å². The summed E-state index contributed by atoms with van der Waals surface area (Å²) in [7, 11) is 0. The summed E-state index contributed by atoms with van der Waals surface area (Å²) in [4.78, 5) is 24.8. The minimum atomic E-state index is -0.898. The Labute approximate surface area is 129 Å². The van der Waals surface area contributed by atoms with Crippen LogP contribution < -0.4 is 9.47 Å². The zero-order valence-corrected chi connectivity index (χ0v) is 12.9. The number of ether oxygens (including phenoxy) is 2. The van der Waals surface area contributed by atoms with Gasteiger partial charge in [-0.1, -0.05) is 19.9 Å². The van der Waals surface area contributed by atoms with Crippen LogP contribution in [0.2, 0.25) is 0 Å². The van der Waals surface area contributed by atoms with Crippen LogP contribution in [0.15, 0.2) is 18.2 Å². The van der Waals surface area contributed by atoms with Gasteiger partial charge in [-0.15, -0.1) is 0 Å². The number of benzene rings is 1. The molecule has 22 heavy (non-hydrogen) atoms. The minimum absolute atomic E-state index is 0.0421. The quantitative estimate of drug-likeness (QED) is 0.833. The van der Waals surface area contributed by atoms with Crippen molar-refractivity contribution in [2.75, 3.05) is 19.9 Å². The molecule has 0 aliphatic carbocycles. The molecule has 0 aromatic heterocycles. The van der Waals surface area contributed by atoms with Crippen molar-refractivity contribution in [3.63, 3.8) is 0 Å². The highest BCUT2D eigenvalue weighted by Gasteiger charge is 2.19. The van der Waals surface area contributed by atoms with Gasteiger partial charge in [0.25, 0.3) is 0 Å². The molecule has 2 rings (SSSR count). The third-order valence-electron chi connectivity index (χ3n) is 3.33. The molecule has 0 unspecified atom stereocenters. The van der Waals surface area contributed by atoms with E-state index in [0.717, 1.165) is 5.56 Å². The van der Waals surface area contributed by atoms with Gasteiger partial charge in [0, 0.05) is 13.1 Å². The van der Waals surface area contributed by atoms with Gasteiger partial charge in [0.15, 0.2) is 11.5 Å². The number of amides is 1. The standard InChI is InChI=1S/C16H21NO5/c1-11(2)9-17(6-5-16(19)20)15(18)8-12-3-4-13-14(7-12)22-10-21-13/h3-4,7,11H,5-6,8-10H2,1-2H3,(H,19,20). The second kappa shape index (κ2) is 7.15. The second-order valence-corrected chi connectivity index (χ2v) is 5.74. The molecule has 6 nitrogen and oxygen atoms in total. The maximum absolute atomic E-state index is 12.4. The van der Waals surface area contributed by atoms with E-state index in [0.29, 0.717) is 18.0 Å². The van der Waals surface area contributed by atoms with Crippen LogP contribution in [0.3, 0.4) is 0 Å².